The Morgan fingerprint density at radius 3 is 2.26 bits per heavy atom. The Morgan fingerprint density at radius 1 is 1.04 bits per heavy atom. The van der Waals surface area contributed by atoms with Gasteiger partial charge in [-0.25, -0.2) is 0 Å². The quantitative estimate of drug-likeness (QED) is 0.466. The summed E-state index contributed by atoms with van der Waals surface area (Å²) in [5, 5.41) is 11.3. The van der Waals surface area contributed by atoms with Crippen molar-refractivity contribution in [3.8, 4) is 0 Å². The van der Waals surface area contributed by atoms with E-state index < -0.39 is 4.92 Å². The lowest BCUT2D eigenvalue weighted by Gasteiger charge is -2.31. The van der Waals surface area contributed by atoms with E-state index in [1.807, 2.05) is 31.2 Å². The lowest BCUT2D eigenvalue weighted by Crippen LogP contribution is -2.40. The molecule has 0 aliphatic carbocycles. The molecule has 6 heteroatoms. The van der Waals surface area contributed by atoms with Gasteiger partial charge in [0.2, 0.25) is 0 Å². The summed E-state index contributed by atoms with van der Waals surface area (Å²) in [5.41, 5.74) is 2.24. The van der Waals surface area contributed by atoms with Gasteiger partial charge >= 0.3 is 0 Å². The average molecular weight is 366 g/mol. The van der Waals surface area contributed by atoms with Gasteiger partial charge in [0.25, 0.3) is 11.6 Å². The minimum Gasteiger partial charge on any atom is -0.338 e. The Kier molecular flexibility index (Phi) is 5.35. The Bertz CT molecular complexity index is 882. The van der Waals surface area contributed by atoms with Gasteiger partial charge in [-0.1, -0.05) is 42.0 Å². The van der Waals surface area contributed by atoms with Crippen LogP contribution in [-0.4, -0.2) is 34.6 Å². The first-order valence-electron chi connectivity index (χ1n) is 9.02. The summed E-state index contributed by atoms with van der Waals surface area (Å²) in [6.45, 7) is 4.45. The fourth-order valence-electron chi connectivity index (χ4n) is 3.54. The number of nitro groups is 1. The van der Waals surface area contributed by atoms with Gasteiger partial charge in [-0.15, -0.1) is 0 Å². The van der Waals surface area contributed by atoms with Crippen LogP contribution in [0.1, 0.15) is 44.7 Å². The van der Waals surface area contributed by atoms with E-state index in [-0.39, 0.29) is 28.9 Å². The van der Waals surface area contributed by atoms with Gasteiger partial charge in [0.1, 0.15) is 5.56 Å². The third kappa shape index (κ3) is 3.89. The normalized spacial score (nSPS) is 14.8. The van der Waals surface area contributed by atoms with Gasteiger partial charge in [0.05, 0.1) is 4.92 Å². The number of carbonyl (C=O) groups is 2. The van der Waals surface area contributed by atoms with Crippen LogP contribution in [0.2, 0.25) is 0 Å². The van der Waals surface area contributed by atoms with Crippen LogP contribution >= 0.6 is 0 Å². The molecule has 0 atom stereocenters. The molecule has 0 aromatic heterocycles. The highest BCUT2D eigenvalue weighted by atomic mass is 16.6. The maximum atomic E-state index is 12.8. The van der Waals surface area contributed by atoms with Crippen molar-refractivity contribution >= 4 is 17.4 Å². The molecule has 1 fully saturated rings. The molecule has 1 aliphatic heterocycles. The summed E-state index contributed by atoms with van der Waals surface area (Å²) in [6, 6.07) is 12.3. The number of ketones is 1. The summed E-state index contributed by atoms with van der Waals surface area (Å²) in [4.78, 5) is 37.9. The maximum Gasteiger partial charge on any atom is 0.285 e. The second-order valence-electron chi connectivity index (χ2n) is 7.02. The van der Waals surface area contributed by atoms with Crippen molar-refractivity contribution in [2.45, 2.75) is 26.7 Å². The Labute approximate surface area is 158 Å². The number of Topliss-reactive ketones (excluding diaryl/α,β-unsaturated/α-hetero) is 1. The number of hydrogen-bond acceptors (Lipinski definition) is 4. The third-order valence-electron chi connectivity index (χ3n) is 5.14. The molecule has 1 saturated heterocycles. The van der Waals surface area contributed by atoms with Gasteiger partial charge in [-0.05, 0) is 32.8 Å². The lowest BCUT2D eigenvalue weighted by molar-refractivity contribution is -0.385. The van der Waals surface area contributed by atoms with Crippen molar-refractivity contribution < 1.29 is 14.5 Å². The molecule has 1 amide bonds. The van der Waals surface area contributed by atoms with E-state index in [1.165, 1.54) is 6.07 Å². The van der Waals surface area contributed by atoms with Crippen LogP contribution in [0.25, 0.3) is 0 Å². The molecular formula is C21H22N2O4. The number of aryl methyl sites for hydroxylation is 2. The molecule has 0 spiro atoms. The molecule has 140 valence electrons. The van der Waals surface area contributed by atoms with Gasteiger partial charge in [-0.2, -0.15) is 0 Å². The van der Waals surface area contributed by atoms with E-state index in [0.29, 0.717) is 37.1 Å². The lowest BCUT2D eigenvalue weighted by atomic mass is 9.88. The van der Waals surface area contributed by atoms with E-state index in [2.05, 4.69) is 0 Å². The SMILES string of the molecule is Cc1ccc(C(=O)C2CCN(C(=O)c3cccc(C)c3[N+](=O)[O-])CC2)cc1. The maximum absolute atomic E-state index is 12.8. The van der Waals surface area contributed by atoms with Gasteiger partial charge in [0.15, 0.2) is 5.78 Å². The number of rotatable bonds is 4. The summed E-state index contributed by atoms with van der Waals surface area (Å²) in [6.07, 6.45) is 1.14. The zero-order valence-electron chi connectivity index (χ0n) is 15.5. The van der Waals surface area contributed by atoms with Crippen molar-refractivity contribution in [3.05, 3.63) is 74.8 Å². The van der Waals surface area contributed by atoms with Crippen molar-refractivity contribution in [2.24, 2.45) is 5.92 Å². The molecule has 0 radical (unpaired) electrons. The van der Waals surface area contributed by atoms with E-state index in [1.54, 1.807) is 24.0 Å². The van der Waals surface area contributed by atoms with Crippen LogP contribution in [-0.2, 0) is 0 Å². The minimum absolute atomic E-state index is 0.101. The number of benzene rings is 2. The molecule has 6 nitrogen and oxygen atoms in total. The van der Waals surface area contributed by atoms with E-state index >= 15 is 0 Å². The largest absolute Gasteiger partial charge is 0.338 e. The molecule has 0 bridgehead atoms. The summed E-state index contributed by atoms with van der Waals surface area (Å²) in [5.74, 6) is -0.362. The molecular weight excluding hydrogens is 344 g/mol. The fraction of sp³-hybridized carbons (Fsp3) is 0.333. The molecule has 2 aromatic carbocycles. The molecule has 0 unspecified atom stereocenters. The highest BCUT2D eigenvalue weighted by Gasteiger charge is 2.31. The van der Waals surface area contributed by atoms with Crippen LogP contribution in [0.5, 0.6) is 0 Å². The Morgan fingerprint density at radius 2 is 1.67 bits per heavy atom. The summed E-state index contributed by atoms with van der Waals surface area (Å²) < 4.78 is 0. The number of nitro benzene ring substituents is 1. The summed E-state index contributed by atoms with van der Waals surface area (Å²) in [7, 11) is 0. The standard InChI is InChI=1S/C21H22N2O4/c1-14-6-8-16(9-7-14)20(24)17-10-12-22(13-11-17)21(25)18-5-3-4-15(2)19(18)23(26)27/h3-9,17H,10-13H2,1-2H3. The average Bonchev–Trinajstić information content (AvgIpc) is 2.67. The van der Waals surface area contributed by atoms with Crippen LogP contribution < -0.4 is 0 Å². The van der Waals surface area contributed by atoms with Crippen molar-refractivity contribution in [1.82, 2.24) is 4.90 Å². The van der Waals surface area contributed by atoms with Gasteiger partial charge in [-0.3, -0.25) is 19.7 Å². The van der Waals surface area contributed by atoms with Gasteiger partial charge < -0.3 is 4.90 Å². The monoisotopic (exact) mass is 366 g/mol. The second kappa shape index (κ2) is 7.70. The highest BCUT2D eigenvalue weighted by molar-refractivity contribution is 6.00. The molecule has 3 rings (SSSR count). The smallest absolute Gasteiger partial charge is 0.285 e. The van der Waals surface area contributed by atoms with E-state index in [0.717, 1.165) is 5.56 Å². The first-order chi connectivity index (χ1) is 12.9. The molecule has 2 aromatic rings. The second-order valence-corrected chi connectivity index (χ2v) is 7.02. The predicted molar refractivity (Wildman–Crippen MR) is 102 cm³/mol. The van der Waals surface area contributed by atoms with Gasteiger partial charge in [0, 0.05) is 30.1 Å². The van der Waals surface area contributed by atoms with Crippen LogP contribution in [0, 0.1) is 29.9 Å². The topological polar surface area (TPSA) is 80.5 Å². The molecule has 0 N–H and O–H groups in total. The number of amides is 1. The predicted octanol–water partition coefficient (Wildman–Crippen LogP) is 3.95. The fourth-order valence-corrected chi connectivity index (χ4v) is 3.54. The summed E-state index contributed by atoms with van der Waals surface area (Å²) >= 11 is 0. The zero-order chi connectivity index (χ0) is 19.6. The molecule has 1 aliphatic rings. The minimum atomic E-state index is -0.504. The molecule has 0 saturated carbocycles. The number of para-hydroxylation sites is 1. The highest BCUT2D eigenvalue weighted by Crippen LogP contribution is 2.27. The number of nitrogens with zero attached hydrogens (tertiary/aromatic N) is 2. The number of carbonyl (C=O) groups excluding carboxylic acids is 2. The zero-order valence-corrected chi connectivity index (χ0v) is 15.5. The van der Waals surface area contributed by atoms with Crippen LogP contribution in [0.3, 0.4) is 0 Å². The molecule has 1 heterocycles. The third-order valence-corrected chi connectivity index (χ3v) is 5.14. The van der Waals surface area contributed by atoms with Crippen molar-refractivity contribution in [3.63, 3.8) is 0 Å². The van der Waals surface area contributed by atoms with E-state index in [4.69, 9.17) is 0 Å². The number of hydrogen-bond donors (Lipinski definition) is 0. The first kappa shape index (κ1) is 18.8. The molecule has 27 heavy (non-hydrogen) atoms. The van der Waals surface area contributed by atoms with Crippen molar-refractivity contribution in [2.75, 3.05) is 13.1 Å². The van der Waals surface area contributed by atoms with Crippen LogP contribution in [0.4, 0.5) is 5.69 Å². The first-order valence-corrected chi connectivity index (χ1v) is 9.02. The number of piperidine rings is 1. The number of likely N-dealkylation sites (tertiary alicyclic amines) is 1. The Hall–Kier alpha value is -3.02. The van der Waals surface area contributed by atoms with Crippen LogP contribution in [0.15, 0.2) is 42.5 Å². The van der Waals surface area contributed by atoms with Crippen molar-refractivity contribution in [1.29, 1.82) is 0 Å². The van der Waals surface area contributed by atoms with E-state index in [9.17, 15) is 19.7 Å². The Balaban J connectivity index is 1.70.